The number of rotatable bonds is 1. The molecule has 9 heavy (non-hydrogen) atoms. The molecule has 0 amide bonds. The summed E-state index contributed by atoms with van der Waals surface area (Å²) in [6.07, 6.45) is 0. The van der Waals surface area contributed by atoms with Gasteiger partial charge in [0.2, 0.25) is 0 Å². The second-order valence-corrected chi connectivity index (χ2v) is 11.1. The molecule has 0 spiro atoms. The molecule has 0 N–H and O–H groups in total. The highest BCUT2D eigenvalue weighted by atomic mass is 80.0. The Labute approximate surface area is 78.7 Å². The van der Waals surface area contributed by atoms with Crippen LogP contribution in [0.25, 0.3) is 0 Å². The summed E-state index contributed by atoms with van der Waals surface area (Å²) in [4.78, 5) is 0. The Balaban J connectivity index is 4.57. The largest absolute Gasteiger partial charge is 0.304 e. The Morgan fingerprint density at radius 3 is 1.67 bits per heavy atom. The number of hydrogen-bond donors (Lipinski definition) is 0. The van der Waals surface area contributed by atoms with Gasteiger partial charge in [-0.25, -0.2) is 0 Å². The first kappa shape index (κ1) is 10.3. The molecule has 0 bridgehead atoms. The van der Waals surface area contributed by atoms with Gasteiger partial charge in [-0.3, -0.25) is 4.18 Å². The molecular formula is C2H2Br3O3S. The zero-order chi connectivity index (χ0) is 7.71. The van der Waals surface area contributed by atoms with Crippen LogP contribution < -0.4 is 0 Å². The van der Waals surface area contributed by atoms with Crippen molar-refractivity contribution in [1.29, 1.82) is 0 Å². The molecule has 0 heterocycles. The van der Waals surface area contributed by atoms with E-state index in [-0.39, 0.29) is 0 Å². The van der Waals surface area contributed by atoms with Crippen LogP contribution in [0.4, 0.5) is 0 Å². The molecule has 0 aromatic rings. The van der Waals surface area contributed by atoms with E-state index in [9.17, 15) is 8.42 Å². The van der Waals surface area contributed by atoms with Crippen molar-refractivity contribution in [2.75, 3.05) is 0 Å². The van der Waals surface area contributed by atoms with E-state index < -0.39 is 11.6 Å². The summed E-state index contributed by atoms with van der Waals surface area (Å²) in [7, 11) is -0.951. The minimum absolute atomic E-state index is 1.43. The Morgan fingerprint density at radius 2 is 1.67 bits per heavy atom. The molecule has 0 aliphatic carbocycles. The summed E-state index contributed by atoms with van der Waals surface area (Å²) in [6.45, 7) is 0. The maximum Gasteiger partial charge on any atom is 0.304 e. The third-order valence-electron chi connectivity index (χ3n) is 0.439. The molecule has 7 heteroatoms. The second-order valence-electron chi connectivity index (χ2n) is 1.02. The molecule has 0 unspecified atom stereocenters. The van der Waals surface area contributed by atoms with Crippen LogP contribution in [0.3, 0.4) is 0 Å². The first-order chi connectivity index (χ1) is 3.81. The van der Waals surface area contributed by atoms with Gasteiger partial charge in [-0.1, -0.05) is 0 Å². The Bertz CT molecular complexity index is 178. The molecule has 0 rings (SSSR count). The minimum atomic E-state index is -3.70. The summed E-state index contributed by atoms with van der Waals surface area (Å²) < 4.78 is 23.6. The van der Waals surface area contributed by atoms with E-state index in [1.54, 1.807) is 0 Å². The summed E-state index contributed by atoms with van der Waals surface area (Å²) in [5.74, 6) is 0. The van der Waals surface area contributed by atoms with E-state index in [1.165, 1.54) is 0 Å². The smallest absolute Gasteiger partial charge is 0.265 e. The number of halogens is 3. The van der Waals surface area contributed by atoms with Crippen molar-refractivity contribution in [3.05, 3.63) is 7.11 Å². The Morgan fingerprint density at radius 1 is 1.33 bits per heavy atom. The summed E-state index contributed by atoms with van der Waals surface area (Å²) in [5, 5.41) is 0. The topological polar surface area (TPSA) is 43.4 Å². The maximum atomic E-state index is 10.6. The normalized spacial score (nSPS) is 13.8. The standard InChI is InChI=1S/C2H2Br3O3S/c1-8-9(6,7)2(3,4)5/h1H2. The van der Waals surface area contributed by atoms with Crippen molar-refractivity contribution in [3.8, 4) is 0 Å². The lowest BCUT2D eigenvalue weighted by molar-refractivity contribution is 0.440. The highest BCUT2D eigenvalue weighted by Gasteiger charge is 2.35. The maximum absolute atomic E-state index is 10.6. The van der Waals surface area contributed by atoms with Crippen LogP contribution in [0.2, 0.25) is 0 Å². The third kappa shape index (κ3) is 2.83. The quantitative estimate of drug-likeness (QED) is 0.538. The lowest BCUT2D eigenvalue weighted by atomic mass is 11.8. The van der Waals surface area contributed by atoms with Crippen LogP contribution in [0.1, 0.15) is 0 Å². The van der Waals surface area contributed by atoms with Crippen LogP contribution in [0, 0.1) is 7.11 Å². The van der Waals surface area contributed by atoms with Gasteiger partial charge in [-0.05, 0) is 47.8 Å². The molecule has 0 fully saturated rings. The molecule has 0 aliphatic rings. The van der Waals surface area contributed by atoms with E-state index in [0.717, 1.165) is 0 Å². The van der Waals surface area contributed by atoms with Crippen LogP contribution >= 0.6 is 47.8 Å². The van der Waals surface area contributed by atoms with Gasteiger partial charge >= 0.3 is 10.1 Å². The Kier molecular flexibility index (Phi) is 3.64. The van der Waals surface area contributed by atoms with Crippen molar-refractivity contribution in [2.45, 2.75) is 1.47 Å². The van der Waals surface area contributed by atoms with Gasteiger partial charge in [-0.15, -0.1) is 0 Å². The fraction of sp³-hybridized carbons (Fsp3) is 0.500. The van der Waals surface area contributed by atoms with Gasteiger partial charge in [0.05, 0.1) is 7.11 Å². The third-order valence-corrected chi connectivity index (χ3v) is 4.88. The van der Waals surface area contributed by atoms with E-state index in [4.69, 9.17) is 0 Å². The fourth-order valence-electron chi connectivity index (χ4n) is 0.0668. The van der Waals surface area contributed by atoms with E-state index in [1.807, 2.05) is 0 Å². The van der Waals surface area contributed by atoms with Gasteiger partial charge in [0.15, 0.2) is 0 Å². The molecule has 3 nitrogen and oxygen atoms in total. The van der Waals surface area contributed by atoms with Crippen molar-refractivity contribution >= 4 is 57.9 Å². The minimum Gasteiger partial charge on any atom is -0.265 e. The fourth-order valence-corrected chi connectivity index (χ4v) is 1.04. The van der Waals surface area contributed by atoms with E-state index >= 15 is 0 Å². The van der Waals surface area contributed by atoms with Gasteiger partial charge in [0.25, 0.3) is 1.47 Å². The molecule has 0 aromatic heterocycles. The number of alkyl halides is 3. The molecule has 0 aliphatic heterocycles. The van der Waals surface area contributed by atoms with E-state index in [2.05, 4.69) is 59.1 Å². The van der Waals surface area contributed by atoms with Crippen molar-refractivity contribution < 1.29 is 12.6 Å². The second kappa shape index (κ2) is 3.17. The monoisotopic (exact) mass is 343 g/mol. The average Bonchev–Trinajstić information content (AvgIpc) is 1.64. The van der Waals surface area contributed by atoms with Gasteiger partial charge in [0.1, 0.15) is 0 Å². The highest BCUT2D eigenvalue weighted by Crippen LogP contribution is 2.39. The van der Waals surface area contributed by atoms with Crippen LogP contribution in [0.15, 0.2) is 0 Å². The molecule has 0 atom stereocenters. The first-order valence-electron chi connectivity index (χ1n) is 1.56. The molecule has 0 aromatic carbocycles. The highest BCUT2D eigenvalue weighted by molar-refractivity contribution is 9.42. The van der Waals surface area contributed by atoms with E-state index in [0.29, 0.717) is 0 Å². The molecular weight excluding hydrogens is 344 g/mol. The SMILES string of the molecule is [CH2]OS(=O)(=O)C(Br)(Br)Br. The van der Waals surface area contributed by atoms with Gasteiger partial charge in [0, 0.05) is 0 Å². The first-order valence-corrected chi connectivity index (χ1v) is 5.35. The Hall–Kier alpha value is 1.35. The number of hydrogen-bond acceptors (Lipinski definition) is 3. The molecule has 1 radical (unpaired) electrons. The molecule has 55 valence electrons. The predicted molar refractivity (Wildman–Crippen MR) is 44.9 cm³/mol. The average molecular weight is 346 g/mol. The van der Waals surface area contributed by atoms with Gasteiger partial charge in [-0.2, -0.15) is 8.42 Å². The van der Waals surface area contributed by atoms with Crippen LogP contribution in [-0.4, -0.2) is 9.89 Å². The summed E-state index contributed by atoms with van der Waals surface area (Å²) in [5.41, 5.74) is 0. The lowest BCUT2D eigenvalue weighted by Crippen LogP contribution is -2.17. The summed E-state index contributed by atoms with van der Waals surface area (Å²) >= 11 is 8.22. The van der Waals surface area contributed by atoms with Gasteiger partial charge < -0.3 is 0 Å². The lowest BCUT2D eigenvalue weighted by Gasteiger charge is -2.09. The molecule has 0 saturated heterocycles. The van der Waals surface area contributed by atoms with Crippen molar-refractivity contribution in [1.82, 2.24) is 0 Å². The predicted octanol–water partition coefficient (Wildman–Crippen LogP) is 1.92. The van der Waals surface area contributed by atoms with Crippen molar-refractivity contribution in [3.63, 3.8) is 0 Å². The van der Waals surface area contributed by atoms with Crippen LogP contribution in [0.5, 0.6) is 0 Å². The molecule has 0 saturated carbocycles. The zero-order valence-electron chi connectivity index (χ0n) is 3.97. The van der Waals surface area contributed by atoms with Crippen molar-refractivity contribution in [2.24, 2.45) is 0 Å². The summed E-state index contributed by atoms with van der Waals surface area (Å²) in [6, 6.07) is 0. The van der Waals surface area contributed by atoms with Crippen LogP contribution in [-0.2, 0) is 14.3 Å². The zero-order valence-corrected chi connectivity index (χ0v) is 9.55.